The van der Waals surface area contributed by atoms with Crippen LogP contribution in [0.1, 0.15) is 23.4 Å². The van der Waals surface area contributed by atoms with Gasteiger partial charge < -0.3 is 15.4 Å². The van der Waals surface area contributed by atoms with Gasteiger partial charge in [0.2, 0.25) is 0 Å². The number of benzene rings is 1. The second kappa shape index (κ2) is 6.01. The molecule has 2 N–H and O–H groups in total. The van der Waals surface area contributed by atoms with Gasteiger partial charge in [-0.25, -0.2) is 4.98 Å². The van der Waals surface area contributed by atoms with E-state index in [1.807, 2.05) is 36.2 Å². The van der Waals surface area contributed by atoms with E-state index < -0.39 is 0 Å². The summed E-state index contributed by atoms with van der Waals surface area (Å²) in [5.41, 5.74) is 10.9. The van der Waals surface area contributed by atoms with Crippen LogP contribution < -0.4 is 15.4 Å². The number of aryl methyl sites for hydroxylation is 1. The first-order valence-corrected chi connectivity index (χ1v) is 7.42. The number of anilines is 3. The molecule has 116 valence electrons. The number of fused-ring (bicyclic) bond motifs is 1. The van der Waals surface area contributed by atoms with Gasteiger partial charge in [-0.05, 0) is 37.1 Å². The van der Waals surface area contributed by atoms with Gasteiger partial charge in [-0.15, -0.1) is 0 Å². The van der Waals surface area contributed by atoms with Gasteiger partial charge in [0.15, 0.2) is 0 Å². The zero-order chi connectivity index (χ0) is 16.4. The van der Waals surface area contributed by atoms with E-state index in [-0.39, 0.29) is 0 Å². The van der Waals surface area contributed by atoms with Crippen molar-refractivity contribution in [3.63, 3.8) is 0 Å². The molecular weight excluding hydrogens is 288 g/mol. The summed E-state index contributed by atoms with van der Waals surface area (Å²) in [6.07, 6.45) is 6.02. The molecule has 0 unspecified atom stereocenters. The number of rotatable bonds is 3. The summed E-state index contributed by atoms with van der Waals surface area (Å²) in [4.78, 5) is 6.45. The highest BCUT2D eigenvalue weighted by atomic mass is 16.5. The fraction of sp³-hybridized carbons (Fsp3) is 0.222. The lowest BCUT2D eigenvalue weighted by atomic mass is 9.99. The van der Waals surface area contributed by atoms with Crippen LogP contribution >= 0.6 is 0 Å². The van der Waals surface area contributed by atoms with Crippen LogP contribution in [0.3, 0.4) is 0 Å². The number of hydrogen-bond donors (Lipinski definition) is 1. The van der Waals surface area contributed by atoms with Crippen molar-refractivity contribution in [2.75, 3.05) is 24.8 Å². The van der Waals surface area contributed by atoms with Gasteiger partial charge in [-0.2, -0.15) is 5.26 Å². The smallest absolute Gasteiger partial charge is 0.142 e. The molecule has 1 heterocycles. The number of ether oxygens (including phenoxy) is 1. The number of hydrogen-bond acceptors (Lipinski definition) is 5. The standard InChI is InChI=1S/C18H18N4O/c1-22(13-7-8-18(23-2)15(20)10-13)17-9-12(11-19)21-16-6-4-3-5-14(16)17/h3,5,7-10H,4,6,20H2,1-2H3. The third-order valence-electron chi connectivity index (χ3n) is 4.02. The van der Waals surface area contributed by atoms with Crippen LogP contribution in [0.15, 0.2) is 30.3 Å². The molecule has 2 aromatic rings. The summed E-state index contributed by atoms with van der Waals surface area (Å²) in [6, 6.07) is 9.61. The Labute approximate surface area is 135 Å². The molecule has 1 aliphatic carbocycles. The maximum Gasteiger partial charge on any atom is 0.142 e. The number of pyridine rings is 1. The van der Waals surface area contributed by atoms with E-state index in [2.05, 4.69) is 23.2 Å². The average molecular weight is 306 g/mol. The molecule has 0 radical (unpaired) electrons. The minimum atomic E-state index is 0.433. The van der Waals surface area contributed by atoms with Crippen LogP contribution in [-0.4, -0.2) is 19.1 Å². The van der Waals surface area contributed by atoms with Crippen molar-refractivity contribution in [1.82, 2.24) is 4.98 Å². The minimum absolute atomic E-state index is 0.433. The monoisotopic (exact) mass is 306 g/mol. The highest BCUT2D eigenvalue weighted by Gasteiger charge is 2.17. The van der Waals surface area contributed by atoms with E-state index in [1.165, 1.54) is 0 Å². The number of methoxy groups -OCH3 is 1. The van der Waals surface area contributed by atoms with E-state index in [4.69, 9.17) is 10.5 Å². The highest BCUT2D eigenvalue weighted by molar-refractivity contribution is 5.78. The van der Waals surface area contributed by atoms with Crippen LogP contribution in [-0.2, 0) is 6.42 Å². The number of nitrogens with zero attached hydrogens (tertiary/aromatic N) is 3. The lowest BCUT2D eigenvalue weighted by Gasteiger charge is -2.25. The molecule has 1 aromatic heterocycles. The zero-order valence-corrected chi connectivity index (χ0v) is 13.2. The van der Waals surface area contributed by atoms with E-state index in [9.17, 15) is 5.26 Å². The van der Waals surface area contributed by atoms with Gasteiger partial charge >= 0.3 is 0 Å². The molecule has 0 spiro atoms. The first-order chi connectivity index (χ1) is 11.1. The topological polar surface area (TPSA) is 75.2 Å². The molecule has 23 heavy (non-hydrogen) atoms. The van der Waals surface area contributed by atoms with Gasteiger partial charge in [0, 0.05) is 18.3 Å². The van der Waals surface area contributed by atoms with Crippen LogP contribution in [0.25, 0.3) is 6.08 Å². The lowest BCUT2D eigenvalue weighted by Crippen LogP contribution is -2.14. The number of aromatic nitrogens is 1. The predicted octanol–water partition coefficient (Wildman–Crippen LogP) is 3.27. The quantitative estimate of drug-likeness (QED) is 0.881. The number of nitrogens with two attached hydrogens (primary N) is 1. The molecule has 0 fully saturated rings. The van der Waals surface area contributed by atoms with Gasteiger partial charge in [0.25, 0.3) is 0 Å². The van der Waals surface area contributed by atoms with E-state index in [0.717, 1.165) is 35.5 Å². The first kappa shape index (κ1) is 14.9. The van der Waals surface area contributed by atoms with Gasteiger partial charge in [0.1, 0.15) is 17.5 Å². The molecule has 0 saturated heterocycles. The van der Waals surface area contributed by atoms with Crippen molar-refractivity contribution >= 4 is 23.1 Å². The molecule has 0 bridgehead atoms. The molecule has 5 heteroatoms. The molecule has 0 saturated carbocycles. The van der Waals surface area contributed by atoms with Crippen molar-refractivity contribution in [2.45, 2.75) is 12.8 Å². The fourth-order valence-corrected chi connectivity index (χ4v) is 2.79. The van der Waals surface area contributed by atoms with Crippen molar-refractivity contribution < 1.29 is 4.74 Å². The van der Waals surface area contributed by atoms with Crippen molar-refractivity contribution in [3.8, 4) is 11.8 Å². The highest BCUT2D eigenvalue weighted by Crippen LogP contribution is 2.35. The molecule has 0 atom stereocenters. The summed E-state index contributed by atoms with van der Waals surface area (Å²) >= 11 is 0. The molecule has 1 aromatic carbocycles. The van der Waals surface area contributed by atoms with Crippen molar-refractivity contribution in [3.05, 3.63) is 47.3 Å². The summed E-state index contributed by atoms with van der Waals surface area (Å²) < 4.78 is 5.20. The Morgan fingerprint density at radius 3 is 2.87 bits per heavy atom. The van der Waals surface area contributed by atoms with E-state index in [0.29, 0.717) is 17.1 Å². The second-order valence-electron chi connectivity index (χ2n) is 5.43. The van der Waals surface area contributed by atoms with Crippen LogP contribution in [0.5, 0.6) is 5.75 Å². The summed E-state index contributed by atoms with van der Waals surface area (Å²) in [7, 11) is 3.55. The minimum Gasteiger partial charge on any atom is -0.495 e. The summed E-state index contributed by atoms with van der Waals surface area (Å²) in [5.74, 6) is 0.650. The van der Waals surface area contributed by atoms with Crippen LogP contribution in [0.4, 0.5) is 17.1 Å². The Morgan fingerprint density at radius 2 is 2.17 bits per heavy atom. The van der Waals surface area contributed by atoms with Crippen LogP contribution in [0.2, 0.25) is 0 Å². The van der Waals surface area contributed by atoms with Gasteiger partial charge in [-0.3, -0.25) is 0 Å². The molecule has 0 amide bonds. The zero-order valence-electron chi connectivity index (χ0n) is 13.2. The average Bonchev–Trinajstić information content (AvgIpc) is 2.60. The number of nitriles is 1. The normalized spacial score (nSPS) is 12.4. The number of allylic oxidation sites excluding steroid dienone is 1. The van der Waals surface area contributed by atoms with Crippen molar-refractivity contribution in [1.29, 1.82) is 5.26 Å². The largest absolute Gasteiger partial charge is 0.495 e. The number of nitrogen functional groups attached to an aromatic ring is 1. The first-order valence-electron chi connectivity index (χ1n) is 7.42. The van der Waals surface area contributed by atoms with Crippen LogP contribution in [0, 0.1) is 11.3 Å². The fourth-order valence-electron chi connectivity index (χ4n) is 2.79. The Bertz CT molecular complexity index is 821. The Kier molecular flexibility index (Phi) is 3.90. The van der Waals surface area contributed by atoms with Gasteiger partial charge in [-0.1, -0.05) is 12.2 Å². The maximum absolute atomic E-state index is 9.24. The molecule has 3 rings (SSSR count). The lowest BCUT2D eigenvalue weighted by molar-refractivity contribution is 0.417. The Morgan fingerprint density at radius 1 is 1.35 bits per heavy atom. The maximum atomic E-state index is 9.24. The predicted molar refractivity (Wildman–Crippen MR) is 91.8 cm³/mol. The molecule has 5 nitrogen and oxygen atoms in total. The molecule has 0 aliphatic heterocycles. The summed E-state index contributed by atoms with van der Waals surface area (Å²) in [5, 5.41) is 9.24. The third kappa shape index (κ3) is 2.71. The Hall–Kier alpha value is -3.00. The third-order valence-corrected chi connectivity index (χ3v) is 4.02. The van der Waals surface area contributed by atoms with Gasteiger partial charge in [0.05, 0.1) is 24.2 Å². The second-order valence-corrected chi connectivity index (χ2v) is 5.43. The van der Waals surface area contributed by atoms with E-state index in [1.54, 1.807) is 7.11 Å². The molecule has 1 aliphatic rings. The van der Waals surface area contributed by atoms with Crippen molar-refractivity contribution in [2.24, 2.45) is 0 Å². The molecular formula is C18H18N4O. The van der Waals surface area contributed by atoms with E-state index >= 15 is 0 Å². The SMILES string of the molecule is COc1ccc(N(C)c2cc(C#N)nc3c2C=CCC3)cc1N. The Balaban J connectivity index is 2.09. The summed E-state index contributed by atoms with van der Waals surface area (Å²) in [6.45, 7) is 0.